The lowest BCUT2D eigenvalue weighted by Crippen LogP contribution is -3.11. The van der Waals surface area contributed by atoms with Gasteiger partial charge in [0, 0.05) is 11.7 Å². The third kappa shape index (κ3) is 6.06. The molecule has 1 aromatic carbocycles. The highest BCUT2D eigenvalue weighted by molar-refractivity contribution is 5.93. The molecular formula is C22H36N3O2+. The number of likely N-dealkylation sites (N-methyl/N-ethyl adjacent to an activating group) is 1. The molecule has 0 aliphatic heterocycles. The van der Waals surface area contributed by atoms with Crippen LogP contribution >= 0.6 is 0 Å². The fourth-order valence-electron chi connectivity index (χ4n) is 4.22. The third-order valence-electron chi connectivity index (χ3n) is 5.92. The van der Waals surface area contributed by atoms with E-state index in [0.717, 1.165) is 28.1 Å². The zero-order valence-electron chi connectivity index (χ0n) is 17.7. The van der Waals surface area contributed by atoms with Gasteiger partial charge >= 0.3 is 0 Å². The van der Waals surface area contributed by atoms with Crippen LogP contribution in [0.5, 0.6) is 0 Å². The molecule has 27 heavy (non-hydrogen) atoms. The fourth-order valence-corrected chi connectivity index (χ4v) is 4.22. The molecule has 0 bridgehead atoms. The molecule has 0 saturated heterocycles. The van der Waals surface area contributed by atoms with E-state index >= 15 is 0 Å². The van der Waals surface area contributed by atoms with Gasteiger partial charge in [0.05, 0.1) is 7.05 Å². The normalized spacial score (nSPS) is 23.6. The predicted molar refractivity (Wildman–Crippen MR) is 110 cm³/mol. The van der Waals surface area contributed by atoms with Gasteiger partial charge in [-0.3, -0.25) is 9.59 Å². The van der Waals surface area contributed by atoms with Gasteiger partial charge in [0.1, 0.15) is 0 Å². The van der Waals surface area contributed by atoms with Crippen LogP contribution in [0.15, 0.2) is 12.1 Å². The summed E-state index contributed by atoms with van der Waals surface area (Å²) < 4.78 is 0. The third-order valence-corrected chi connectivity index (χ3v) is 5.92. The average molecular weight is 375 g/mol. The van der Waals surface area contributed by atoms with Gasteiger partial charge in [-0.2, -0.15) is 0 Å². The molecular weight excluding hydrogens is 338 g/mol. The number of hydrogen-bond donors (Lipinski definition) is 3. The molecule has 5 nitrogen and oxygen atoms in total. The highest BCUT2D eigenvalue weighted by atomic mass is 16.2. The standard InChI is InChI=1S/C22H35N3O2/c1-14-10-16(3)22(17(4)11-14)24-21(27)13-25(6)12-20(26)23-19-9-7-8-15(2)18(19)5/h10-11,15,18-19H,7-9,12-13H2,1-6H3,(H,23,26)(H,24,27)/p+1/t15-,18-,19-/m0/s1. The van der Waals surface area contributed by atoms with Gasteiger partial charge in [0.15, 0.2) is 13.1 Å². The van der Waals surface area contributed by atoms with E-state index in [1.165, 1.54) is 18.4 Å². The number of nitrogens with one attached hydrogen (secondary N) is 3. The molecule has 1 saturated carbocycles. The molecule has 1 aromatic rings. The lowest BCUT2D eigenvalue weighted by Gasteiger charge is -2.34. The van der Waals surface area contributed by atoms with Crippen LogP contribution in [0.2, 0.25) is 0 Å². The van der Waals surface area contributed by atoms with Crippen LogP contribution in [-0.2, 0) is 9.59 Å². The first-order valence-electron chi connectivity index (χ1n) is 10.2. The molecule has 1 aliphatic rings. The van der Waals surface area contributed by atoms with Crippen molar-refractivity contribution in [2.24, 2.45) is 11.8 Å². The second-order valence-electron chi connectivity index (χ2n) is 8.57. The van der Waals surface area contributed by atoms with Crippen molar-refractivity contribution in [3.8, 4) is 0 Å². The van der Waals surface area contributed by atoms with Crippen molar-refractivity contribution < 1.29 is 14.5 Å². The summed E-state index contributed by atoms with van der Waals surface area (Å²) in [5.74, 6) is 1.14. The van der Waals surface area contributed by atoms with E-state index in [1.807, 2.05) is 20.9 Å². The van der Waals surface area contributed by atoms with Crippen LogP contribution in [-0.4, -0.2) is 38.0 Å². The van der Waals surface area contributed by atoms with E-state index < -0.39 is 0 Å². The Morgan fingerprint density at radius 2 is 1.63 bits per heavy atom. The maximum atomic E-state index is 12.4. The number of quaternary nitrogens is 1. The summed E-state index contributed by atoms with van der Waals surface area (Å²) in [5.41, 5.74) is 4.20. The Morgan fingerprint density at radius 3 is 2.26 bits per heavy atom. The fraction of sp³-hybridized carbons (Fsp3) is 0.636. The van der Waals surface area contributed by atoms with Crippen molar-refractivity contribution in [1.29, 1.82) is 0 Å². The lowest BCUT2D eigenvalue weighted by molar-refractivity contribution is -0.862. The minimum absolute atomic E-state index is 0.0361. The Balaban J connectivity index is 1.83. The van der Waals surface area contributed by atoms with Crippen molar-refractivity contribution >= 4 is 17.5 Å². The minimum atomic E-state index is -0.0602. The number of amides is 2. The Morgan fingerprint density at radius 1 is 1.04 bits per heavy atom. The number of aryl methyl sites for hydroxylation is 3. The first-order valence-corrected chi connectivity index (χ1v) is 10.2. The highest BCUT2D eigenvalue weighted by Crippen LogP contribution is 2.29. The maximum absolute atomic E-state index is 12.4. The lowest BCUT2D eigenvalue weighted by atomic mass is 9.78. The van der Waals surface area contributed by atoms with E-state index in [1.54, 1.807) is 0 Å². The largest absolute Gasteiger partial charge is 0.348 e. The molecule has 2 amide bonds. The van der Waals surface area contributed by atoms with E-state index in [4.69, 9.17) is 0 Å². The zero-order valence-corrected chi connectivity index (χ0v) is 17.7. The molecule has 2 rings (SSSR count). The Bertz CT molecular complexity index is 663. The van der Waals surface area contributed by atoms with Crippen molar-refractivity contribution in [2.75, 3.05) is 25.5 Å². The Hall–Kier alpha value is -1.88. The highest BCUT2D eigenvalue weighted by Gasteiger charge is 2.28. The first-order chi connectivity index (χ1) is 12.7. The Labute approximate surface area is 163 Å². The summed E-state index contributed by atoms with van der Waals surface area (Å²) >= 11 is 0. The monoisotopic (exact) mass is 374 g/mol. The van der Waals surface area contributed by atoms with Crippen LogP contribution < -0.4 is 15.5 Å². The summed E-state index contributed by atoms with van der Waals surface area (Å²) in [6, 6.07) is 4.40. The van der Waals surface area contributed by atoms with Crippen LogP contribution in [0.25, 0.3) is 0 Å². The smallest absolute Gasteiger partial charge is 0.279 e. The molecule has 5 heteroatoms. The molecule has 0 radical (unpaired) electrons. The maximum Gasteiger partial charge on any atom is 0.279 e. The molecule has 1 fully saturated rings. The molecule has 0 spiro atoms. The van der Waals surface area contributed by atoms with E-state index in [-0.39, 0.29) is 24.4 Å². The van der Waals surface area contributed by atoms with Gasteiger partial charge in [-0.25, -0.2) is 0 Å². The van der Waals surface area contributed by atoms with Gasteiger partial charge in [0.25, 0.3) is 11.8 Å². The van der Waals surface area contributed by atoms with E-state index in [2.05, 4.69) is 43.5 Å². The molecule has 4 atom stereocenters. The van der Waals surface area contributed by atoms with Gasteiger partial charge in [-0.15, -0.1) is 0 Å². The van der Waals surface area contributed by atoms with Gasteiger partial charge in [-0.05, 0) is 50.2 Å². The van der Waals surface area contributed by atoms with Crippen LogP contribution in [0, 0.1) is 32.6 Å². The first kappa shape index (κ1) is 21.4. The summed E-state index contributed by atoms with van der Waals surface area (Å²) in [4.78, 5) is 25.7. The molecule has 1 unspecified atom stereocenters. The van der Waals surface area contributed by atoms with Crippen molar-refractivity contribution in [3.05, 3.63) is 28.8 Å². The van der Waals surface area contributed by atoms with E-state index in [0.29, 0.717) is 18.4 Å². The summed E-state index contributed by atoms with van der Waals surface area (Å²) in [7, 11) is 1.89. The van der Waals surface area contributed by atoms with Crippen molar-refractivity contribution in [2.45, 2.75) is 59.9 Å². The van der Waals surface area contributed by atoms with E-state index in [9.17, 15) is 9.59 Å². The SMILES string of the molecule is Cc1cc(C)c(NC(=O)C[NH+](C)CC(=O)N[C@H]2CCC[C@H](C)[C@@H]2C)c(C)c1. The summed E-state index contributed by atoms with van der Waals surface area (Å²) in [6.45, 7) is 11.1. The number of rotatable bonds is 6. The molecule has 3 N–H and O–H groups in total. The molecule has 0 heterocycles. The number of carbonyl (C=O) groups is 2. The zero-order chi connectivity index (χ0) is 20.1. The quantitative estimate of drug-likeness (QED) is 0.713. The second-order valence-corrected chi connectivity index (χ2v) is 8.57. The summed E-state index contributed by atoms with van der Waals surface area (Å²) in [5, 5.41) is 6.20. The van der Waals surface area contributed by atoms with Crippen molar-refractivity contribution in [3.63, 3.8) is 0 Å². The average Bonchev–Trinajstić information content (AvgIpc) is 2.55. The number of hydrogen-bond acceptors (Lipinski definition) is 2. The number of carbonyl (C=O) groups excluding carboxylic acids is 2. The van der Waals surface area contributed by atoms with Gasteiger partial charge in [0.2, 0.25) is 0 Å². The van der Waals surface area contributed by atoms with Crippen LogP contribution in [0.3, 0.4) is 0 Å². The number of anilines is 1. The minimum Gasteiger partial charge on any atom is -0.348 e. The van der Waals surface area contributed by atoms with Gasteiger partial charge < -0.3 is 15.5 Å². The summed E-state index contributed by atoms with van der Waals surface area (Å²) in [6.07, 6.45) is 3.48. The van der Waals surface area contributed by atoms with Gasteiger partial charge in [-0.1, -0.05) is 44.4 Å². The number of benzene rings is 1. The van der Waals surface area contributed by atoms with Crippen LogP contribution in [0.1, 0.15) is 49.8 Å². The topological polar surface area (TPSA) is 62.6 Å². The van der Waals surface area contributed by atoms with Crippen LogP contribution in [0.4, 0.5) is 5.69 Å². The Kier molecular flexibility index (Phi) is 7.42. The molecule has 150 valence electrons. The second kappa shape index (κ2) is 9.36. The van der Waals surface area contributed by atoms with Crippen molar-refractivity contribution in [1.82, 2.24) is 5.32 Å². The molecule has 0 aromatic heterocycles. The molecule has 1 aliphatic carbocycles. The predicted octanol–water partition coefficient (Wildman–Crippen LogP) is 2.01.